The Labute approximate surface area is 146 Å². The van der Waals surface area contributed by atoms with Crippen molar-refractivity contribution in [3.63, 3.8) is 0 Å². The Morgan fingerprint density at radius 3 is 2.52 bits per heavy atom. The molecule has 3 rings (SSSR count). The zero-order chi connectivity index (χ0) is 17.8. The van der Waals surface area contributed by atoms with E-state index in [-0.39, 0.29) is 17.9 Å². The van der Waals surface area contributed by atoms with Gasteiger partial charge in [-0.15, -0.1) is 0 Å². The van der Waals surface area contributed by atoms with Crippen molar-refractivity contribution in [2.24, 2.45) is 5.92 Å². The lowest BCUT2D eigenvalue weighted by atomic mass is 10.0. The van der Waals surface area contributed by atoms with Gasteiger partial charge in [-0.25, -0.2) is 14.6 Å². The number of carbonyl (C=O) groups excluding carboxylic acids is 1. The fourth-order valence-corrected chi connectivity index (χ4v) is 3.05. The van der Waals surface area contributed by atoms with Crippen molar-refractivity contribution < 1.29 is 4.79 Å². The first-order valence-corrected chi connectivity index (χ1v) is 8.34. The van der Waals surface area contributed by atoms with Crippen LogP contribution >= 0.6 is 0 Å². The molecule has 8 heteroatoms. The summed E-state index contributed by atoms with van der Waals surface area (Å²) in [5, 5.41) is 13.0. The van der Waals surface area contributed by atoms with Crippen LogP contribution in [0.2, 0.25) is 0 Å². The number of anilines is 1. The normalized spacial score (nSPS) is 15.9. The number of rotatable bonds is 4. The highest BCUT2D eigenvalue weighted by molar-refractivity contribution is 5.81. The molecule has 25 heavy (non-hydrogen) atoms. The molecule has 0 bridgehead atoms. The van der Waals surface area contributed by atoms with Crippen molar-refractivity contribution in [2.75, 3.05) is 31.1 Å². The minimum atomic E-state index is -0.331. The topological polar surface area (TPSA) is 90.9 Å². The number of hydrogen-bond donors (Lipinski definition) is 0. The van der Waals surface area contributed by atoms with Crippen molar-refractivity contribution in [3.8, 4) is 6.07 Å². The van der Waals surface area contributed by atoms with Gasteiger partial charge >= 0.3 is 0 Å². The van der Waals surface area contributed by atoms with Gasteiger partial charge in [0, 0.05) is 32.4 Å². The van der Waals surface area contributed by atoms with Crippen LogP contribution in [0.5, 0.6) is 0 Å². The smallest absolute Gasteiger partial charge is 0.247 e. The average molecular weight is 339 g/mol. The molecule has 130 valence electrons. The Balaban J connectivity index is 1.64. The van der Waals surface area contributed by atoms with Gasteiger partial charge in [-0.2, -0.15) is 10.4 Å². The number of amides is 1. The molecule has 0 N–H and O–H groups in total. The highest BCUT2D eigenvalue weighted by Crippen LogP contribution is 2.21. The molecule has 1 aliphatic heterocycles. The summed E-state index contributed by atoms with van der Waals surface area (Å²) < 4.78 is 1.64. The Bertz CT molecular complexity index is 740. The van der Waals surface area contributed by atoms with Crippen LogP contribution in [-0.2, 0) is 4.79 Å². The Kier molecular flexibility index (Phi) is 4.93. The lowest BCUT2D eigenvalue weighted by molar-refractivity contribution is -0.136. The largest absolute Gasteiger partial charge is 0.353 e. The highest BCUT2D eigenvalue weighted by Gasteiger charge is 2.31. The number of carbonyl (C=O) groups is 1. The second-order valence-corrected chi connectivity index (χ2v) is 6.39. The van der Waals surface area contributed by atoms with E-state index in [1.807, 2.05) is 24.8 Å². The summed E-state index contributed by atoms with van der Waals surface area (Å²) >= 11 is 0. The van der Waals surface area contributed by atoms with Gasteiger partial charge in [0.1, 0.15) is 30.6 Å². The third-order valence-electron chi connectivity index (χ3n) is 4.40. The molecule has 0 spiro atoms. The zero-order valence-corrected chi connectivity index (χ0v) is 14.4. The van der Waals surface area contributed by atoms with E-state index in [4.69, 9.17) is 5.26 Å². The maximum absolute atomic E-state index is 12.9. The standard InChI is InChI=1S/C17H21N7O/c1-13(2)16(24-12-19-11-21-24)17(25)23-7-5-22(6-8-23)15-4-3-14(9-18)10-20-15/h3-4,10-13,16H,5-8H2,1-2H3/t16-/m0/s1. The molecule has 1 amide bonds. The molecular formula is C17H21N7O. The van der Waals surface area contributed by atoms with Crippen molar-refractivity contribution in [1.82, 2.24) is 24.6 Å². The SMILES string of the molecule is CC(C)[C@@H](C(=O)N1CCN(c2ccc(C#N)cn2)CC1)n1cncn1. The van der Waals surface area contributed by atoms with E-state index in [0.717, 1.165) is 5.82 Å². The molecule has 8 nitrogen and oxygen atoms in total. The molecule has 0 radical (unpaired) electrons. The van der Waals surface area contributed by atoms with Crippen LogP contribution in [0.25, 0.3) is 0 Å². The monoisotopic (exact) mass is 339 g/mol. The summed E-state index contributed by atoms with van der Waals surface area (Å²) in [5.41, 5.74) is 0.546. The second-order valence-electron chi connectivity index (χ2n) is 6.39. The van der Waals surface area contributed by atoms with E-state index < -0.39 is 0 Å². The molecule has 1 fully saturated rings. The molecule has 0 unspecified atom stereocenters. The molecule has 2 aromatic heterocycles. The van der Waals surface area contributed by atoms with Gasteiger partial charge in [-0.3, -0.25) is 4.79 Å². The van der Waals surface area contributed by atoms with E-state index in [1.165, 1.54) is 6.33 Å². The van der Waals surface area contributed by atoms with Crippen LogP contribution in [0.3, 0.4) is 0 Å². The lowest BCUT2D eigenvalue weighted by Crippen LogP contribution is -2.51. The van der Waals surface area contributed by atoms with E-state index in [1.54, 1.807) is 23.3 Å². The maximum Gasteiger partial charge on any atom is 0.247 e. The third kappa shape index (κ3) is 3.60. The van der Waals surface area contributed by atoms with Crippen LogP contribution in [0.4, 0.5) is 5.82 Å². The number of nitriles is 1. The fourth-order valence-electron chi connectivity index (χ4n) is 3.05. The van der Waals surface area contributed by atoms with Gasteiger partial charge < -0.3 is 9.80 Å². The summed E-state index contributed by atoms with van der Waals surface area (Å²) in [5.74, 6) is 1.04. The van der Waals surface area contributed by atoms with Gasteiger partial charge in [0.25, 0.3) is 0 Å². The Morgan fingerprint density at radius 2 is 2.00 bits per heavy atom. The first-order chi connectivity index (χ1) is 12.1. The van der Waals surface area contributed by atoms with Gasteiger partial charge in [0.05, 0.1) is 5.56 Å². The summed E-state index contributed by atoms with van der Waals surface area (Å²) in [6.45, 7) is 6.73. The minimum absolute atomic E-state index is 0.0768. The molecule has 0 aliphatic carbocycles. The van der Waals surface area contributed by atoms with Gasteiger partial charge in [0.15, 0.2) is 0 Å². The van der Waals surface area contributed by atoms with E-state index >= 15 is 0 Å². The predicted octanol–water partition coefficient (Wildman–Crippen LogP) is 1.09. The first-order valence-electron chi connectivity index (χ1n) is 8.34. The number of hydrogen-bond acceptors (Lipinski definition) is 6. The summed E-state index contributed by atoms with van der Waals surface area (Å²) in [7, 11) is 0. The molecule has 0 aromatic carbocycles. The summed E-state index contributed by atoms with van der Waals surface area (Å²) in [6.07, 6.45) is 4.63. The molecule has 1 aliphatic rings. The number of piperazine rings is 1. The summed E-state index contributed by atoms with van der Waals surface area (Å²) in [6, 6.07) is 5.35. The number of pyridine rings is 1. The van der Waals surface area contributed by atoms with E-state index in [0.29, 0.717) is 31.7 Å². The number of aromatic nitrogens is 4. The van der Waals surface area contributed by atoms with E-state index in [9.17, 15) is 4.79 Å². The molecule has 0 saturated carbocycles. The van der Waals surface area contributed by atoms with Crippen LogP contribution in [0.1, 0.15) is 25.5 Å². The molecule has 1 atom stereocenters. The maximum atomic E-state index is 12.9. The minimum Gasteiger partial charge on any atom is -0.353 e. The first kappa shape index (κ1) is 16.9. The van der Waals surface area contributed by atoms with Crippen LogP contribution in [0.15, 0.2) is 31.0 Å². The third-order valence-corrected chi connectivity index (χ3v) is 4.40. The van der Waals surface area contributed by atoms with Crippen LogP contribution in [-0.4, -0.2) is 56.7 Å². The van der Waals surface area contributed by atoms with Crippen molar-refractivity contribution in [2.45, 2.75) is 19.9 Å². The fraction of sp³-hybridized carbons (Fsp3) is 0.471. The zero-order valence-electron chi connectivity index (χ0n) is 14.4. The second kappa shape index (κ2) is 7.30. The highest BCUT2D eigenvalue weighted by atomic mass is 16.2. The van der Waals surface area contributed by atoms with Crippen LogP contribution in [0, 0.1) is 17.2 Å². The summed E-state index contributed by atoms with van der Waals surface area (Å²) in [4.78, 5) is 25.2. The van der Waals surface area contributed by atoms with Crippen molar-refractivity contribution in [1.29, 1.82) is 5.26 Å². The van der Waals surface area contributed by atoms with Gasteiger partial charge in [0.2, 0.25) is 5.91 Å². The predicted molar refractivity (Wildman–Crippen MR) is 91.6 cm³/mol. The Hall–Kier alpha value is -2.95. The molecule has 2 aromatic rings. The van der Waals surface area contributed by atoms with Gasteiger partial charge in [-0.1, -0.05) is 13.8 Å². The van der Waals surface area contributed by atoms with Crippen molar-refractivity contribution >= 4 is 11.7 Å². The lowest BCUT2D eigenvalue weighted by Gasteiger charge is -2.37. The van der Waals surface area contributed by atoms with Crippen molar-refractivity contribution in [3.05, 3.63) is 36.5 Å². The molecule has 3 heterocycles. The quantitative estimate of drug-likeness (QED) is 0.828. The number of nitrogens with zero attached hydrogens (tertiary/aromatic N) is 7. The van der Waals surface area contributed by atoms with Gasteiger partial charge in [-0.05, 0) is 18.1 Å². The average Bonchev–Trinajstić information content (AvgIpc) is 3.16. The Morgan fingerprint density at radius 1 is 1.24 bits per heavy atom. The molecular weight excluding hydrogens is 318 g/mol. The van der Waals surface area contributed by atoms with Crippen LogP contribution < -0.4 is 4.90 Å². The van der Waals surface area contributed by atoms with E-state index in [2.05, 4.69) is 26.0 Å². The molecule has 1 saturated heterocycles.